The van der Waals surface area contributed by atoms with Gasteiger partial charge < -0.3 is 15.3 Å². The first-order valence-electron chi connectivity index (χ1n) is 4.22. The van der Waals surface area contributed by atoms with Crippen LogP contribution in [0.1, 0.15) is 26.3 Å². The van der Waals surface area contributed by atoms with Crippen molar-refractivity contribution in [3.05, 3.63) is 34.9 Å². The van der Waals surface area contributed by atoms with Crippen LogP contribution in [0.2, 0.25) is 0 Å². The molecule has 1 aromatic carbocycles. The summed E-state index contributed by atoms with van der Waals surface area (Å²) in [5.74, 6) is -3.75. The van der Waals surface area contributed by atoms with Gasteiger partial charge in [0.15, 0.2) is 0 Å². The number of carboxylic acids is 3. The van der Waals surface area contributed by atoms with Crippen molar-refractivity contribution in [1.82, 2.24) is 0 Å². The van der Waals surface area contributed by atoms with E-state index in [4.69, 9.17) is 15.3 Å². The van der Waals surface area contributed by atoms with Crippen LogP contribution in [-0.2, 0) is 11.2 Å². The zero-order valence-electron chi connectivity index (χ0n) is 8.01. The monoisotopic (exact) mass is 224 g/mol. The SMILES string of the molecule is O=C(O)Cc1cc(C(=O)O)cc(C(=O)O)c1. The second kappa shape index (κ2) is 4.43. The molecule has 0 aromatic heterocycles. The van der Waals surface area contributed by atoms with Gasteiger partial charge in [0.05, 0.1) is 17.5 Å². The van der Waals surface area contributed by atoms with Crippen LogP contribution in [0.15, 0.2) is 18.2 Å². The molecule has 1 rings (SSSR count). The lowest BCUT2D eigenvalue weighted by molar-refractivity contribution is -0.136. The van der Waals surface area contributed by atoms with E-state index in [9.17, 15) is 14.4 Å². The Hall–Kier alpha value is -2.37. The fraction of sp³-hybridized carbons (Fsp3) is 0.100. The van der Waals surface area contributed by atoms with Crippen molar-refractivity contribution in [1.29, 1.82) is 0 Å². The minimum atomic E-state index is -1.30. The Morgan fingerprint density at radius 2 is 1.31 bits per heavy atom. The molecule has 84 valence electrons. The van der Waals surface area contributed by atoms with Crippen molar-refractivity contribution in [3.8, 4) is 0 Å². The molecule has 0 saturated heterocycles. The summed E-state index contributed by atoms with van der Waals surface area (Å²) in [4.78, 5) is 31.8. The summed E-state index contributed by atoms with van der Waals surface area (Å²) >= 11 is 0. The Balaban J connectivity index is 3.23. The van der Waals surface area contributed by atoms with Gasteiger partial charge in [0.25, 0.3) is 0 Å². The fourth-order valence-corrected chi connectivity index (χ4v) is 1.22. The number of hydrogen-bond acceptors (Lipinski definition) is 3. The predicted octanol–water partition coefficient (Wildman–Crippen LogP) is 0.710. The van der Waals surface area contributed by atoms with Gasteiger partial charge in [-0.2, -0.15) is 0 Å². The number of aromatic carboxylic acids is 2. The Bertz CT molecular complexity index is 430. The van der Waals surface area contributed by atoms with Crippen LogP contribution >= 0.6 is 0 Å². The van der Waals surface area contributed by atoms with E-state index in [1.165, 1.54) is 0 Å². The lowest BCUT2D eigenvalue weighted by Crippen LogP contribution is -2.07. The molecule has 0 unspecified atom stereocenters. The molecule has 6 heteroatoms. The maximum absolute atomic E-state index is 10.7. The van der Waals surface area contributed by atoms with Crippen LogP contribution in [-0.4, -0.2) is 33.2 Å². The Labute approximate surface area is 89.8 Å². The zero-order valence-corrected chi connectivity index (χ0v) is 8.01. The third-order valence-corrected chi connectivity index (χ3v) is 1.84. The first-order valence-corrected chi connectivity index (χ1v) is 4.22. The van der Waals surface area contributed by atoms with Crippen molar-refractivity contribution in [2.45, 2.75) is 6.42 Å². The van der Waals surface area contributed by atoms with E-state index in [0.29, 0.717) is 0 Å². The molecule has 0 heterocycles. The van der Waals surface area contributed by atoms with Gasteiger partial charge in [-0.25, -0.2) is 9.59 Å². The quantitative estimate of drug-likeness (QED) is 0.694. The molecule has 1 aromatic rings. The topological polar surface area (TPSA) is 112 Å². The first kappa shape index (κ1) is 11.7. The van der Waals surface area contributed by atoms with E-state index in [0.717, 1.165) is 18.2 Å². The highest BCUT2D eigenvalue weighted by Gasteiger charge is 2.12. The lowest BCUT2D eigenvalue weighted by atomic mass is 10.0. The molecule has 6 nitrogen and oxygen atoms in total. The standard InChI is InChI=1S/C10H8O6/c11-8(12)3-5-1-6(9(13)14)4-7(2-5)10(15)16/h1-2,4H,3H2,(H,11,12)(H,13,14)(H,15,16). The Kier molecular flexibility index (Phi) is 3.24. The molecule has 16 heavy (non-hydrogen) atoms. The van der Waals surface area contributed by atoms with Crippen molar-refractivity contribution < 1.29 is 29.7 Å². The third kappa shape index (κ3) is 2.81. The smallest absolute Gasteiger partial charge is 0.335 e. The minimum Gasteiger partial charge on any atom is -0.481 e. The number of aliphatic carboxylic acids is 1. The molecule has 0 bridgehead atoms. The molecule has 0 atom stereocenters. The average molecular weight is 224 g/mol. The van der Waals surface area contributed by atoms with Crippen molar-refractivity contribution in [3.63, 3.8) is 0 Å². The Morgan fingerprint density at radius 1 is 0.875 bits per heavy atom. The van der Waals surface area contributed by atoms with Gasteiger partial charge in [-0.15, -0.1) is 0 Å². The van der Waals surface area contributed by atoms with E-state index in [2.05, 4.69) is 0 Å². The summed E-state index contributed by atoms with van der Waals surface area (Å²) in [5, 5.41) is 25.9. The van der Waals surface area contributed by atoms with E-state index in [1.807, 2.05) is 0 Å². The first-order chi connectivity index (χ1) is 7.40. The highest BCUT2D eigenvalue weighted by Crippen LogP contribution is 2.11. The van der Waals surface area contributed by atoms with Gasteiger partial charge in [0.1, 0.15) is 0 Å². The normalized spacial score (nSPS) is 9.75. The number of hydrogen-bond donors (Lipinski definition) is 3. The third-order valence-electron chi connectivity index (χ3n) is 1.84. The molecule has 0 aliphatic rings. The number of rotatable bonds is 4. The van der Waals surface area contributed by atoms with E-state index >= 15 is 0 Å². The van der Waals surface area contributed by atoms with E-state index in [1.54, 1.807) is 0 Å². The molecule has 0 aliphatic heterocycles. The molecule has 0 amide bonds. The average Bonchev–Trinajstić information content (AvgIpc) is 2.15. The molecule has 0 radical (unpaired) electrons. The molecular weight excluding hydrogens is 216 g/mol. The highest BCUT2D eigenvalue weighted by atomic mass is 16.4. The number of carbonyl (C=O) groups is 3. The van der Waals surface area contributed by atoms with Crippen molar-refractivity contribution >= 4 is 17.9 Å². The zero-order chi connectivity index (χ0) is 12.3. The largest absolute Gasteiger partial charge is 0.481 e. The van der Waals surface area contributed by atoms with Crippen LogP contribution < -0.4 is 0 Å². The van der Waals surface area contributed by atoms with Crippen molar-refractivity contribution in [2.24, 2.45) is 0 Å². The number of carboxylic acid groups (broad SMARTS) is 3. The molecule has 0 saturated carbocycles. The second-order valence-corrected chi connectivity index (χ2v) is 3.10. The molecule has 3 N–H and O–H groups in total. The van der Waals surface area contributed by atoms with Gasteiger partial charge in [0.2, 0.25) is 0 Å². The summed E-state index contributed by atoms with van der Waals surface area (Å²) < 4.78 is 0. The van der Waals surface area contributed by atoms with Crippen LogP contribution in [0.25, 0.3) is 0 Å². The summed E-state index contributed by atoms with van der Waals surface area (Å²) in [5.41, 5.74) is -0.336. The molecular formula is C10H8O6. The van der Waals surface area contributed by atoms with Crippen LogP contribution in [0, 0.1) is 0 Å². The van der Waals surface area contributed by atoms with Crippen LogP contribution in [0.3, 0.4) is 0 Å². The van der Waals surface area contributed by atoms with Gasteiger partial charge in [-0.05, 0) is 23.8 Å². The summed E-state index contributed by atoms with van der Waals surface area (Å²) in [6.45, 7) is 0. The summed E-state index contributed by atoms with van der Waals surface area (Å²) in [6.07, 6.45) is -0.415. The molecule has 0 aliphatic carbocycles. The predicted molar refractivity (Wildman–Crippen MR) is 51.7 cm³/mol. The van der Waals surface area contributed by atoms with E-state index in [-0.39, 0.29) is 16.7 Å². The fourth-order valence-electron chi connectivity index (χ4n) is 1.22. The minimum absolute atomic E-state index is 0.143. The van der Waals surface area contributed by atoms with Crippen LogP contribution in [0.4, 0.5) is 0 Å². The lowest BCUT2D eigenvalue weighted by Gasteiger charge is -2.02. The maximum Gasteiger partial charge on any atom is 0.335 e. The van der Waals surface area contributed by atoms with Crippen LogP contribution in [0.5, 0.6) is 0 Å². The van der Waals surface area contributed by atoms with Crippen molar-refractivity contribution in [2.75, 3.05) is 0 Å². The van der Waals surface area contributed by atoms with Gasteiger partial charge in [-0.1, -0.05) is 0 Å². The maximum atomic E-state index is 10.7. The summed E-state index contributed by atoms with van der Waals surface area (Å²) in [7, 11) is 0. The van der Waals surface area contributed by atoms with Gasteiger partial charge >= 0.3 is 17.9 Å². The Morgan fingerprint density at radius 3 is 1.62 bits per heavy atom. The highest BCUT2D eigenvalue weighted by molar-refractivity contribution is 5.94. The molecule has 0 fully saturated rings. The second-order valence-electron chi connectivity index (χ2n) is 3.10. The van der Waals surface area contributed by atoms with E-state index < -0.39 is 24.3 Å². The van der Waals surface area contributed by atoms with Gasteiger partial charge in [-0.3, -0.25) is 4.79 Å². The van der Waals surface area contributed by atoms with Gasteiger partial charge in [0, 0.05) is 0 Å². The summed E-state index contributed by atoms with van der Waals surface area (Å²) in [6, 6.07) is 3.27. The number of benzene rings is 1. The molecule has 0 spiro atoms.